The lowest BCUT2D eigenvalue weighted by atomic mass is 10.2. The van der Waals surface area contributed by atoms with Gasteiger partial charge in [-0.1, -0.05) is 57.7 Å². The van der Waals surface area contributed by atoms with Gasteiger partial charge >= 0.3 is 0 Å². The Balaban J connectivity index is 2.21. The first-order valence-electron chi connectivity index (χ1n) is 10.8. The van der Waals surface area contributed by atoms with E-state index in [4.69, 9.17) is 17.2 Å². The minimum atomic E-state index is -0.171. The Bertz CT molecular complexity index is 1080. The van der Waals surface area contributed by atoms with Crippen LogP contribution in [0, 0.1) is 12.8 Å². The zero-order chi connectivity index (χ0) is 22.7. The lowest BCUT2D eigenvalue weighted by Gasteiger charge is -2.25. The first-order chi connectivity index (χ1) is 14.8. The molecule has 1 fully saturated rings. The van der Waals surface area contributed by atoms with Crippen LogP contribution in [0.25, 0.3) is 11.7 Å². The van der Waals surface area contributed by atoms with Gasteiger partial charge in [0.15, 0.2) is 0 Å². The zero-order valence-electron chi connectivity index (χ0n) is 18.8. The van der Waals surface area contributed by atoms with Crippen molar-refractivity contribution in [2.24, 2.45) is 5.92 Å². The van der Waals surface area contributed by atoms with Gasteiger partial charge in [-0.25, -0.2) is 4.98 Å². The van der Waals surface area contributed by atoms with Crippen molar-refractivity contribution < 1.29 is 4.79 Å². The summed E-state index contributed by atoms with van der Waals surface area (Å²) >= 11 is 6.70. The lowest BCUT2D eigenvalue weighted by Crippen LogP contribution is -2.32. The molecule has 0 atom stereocenters. The van der Waals surface area contributed by atoms with Gasteiger partial charge < -0.3 is 4.90 Å². The quantitative estimate of drug-likeness (QED) is 0.429. The molecule has 3 rings (SSSR count). The average Bonchev–Trinajstić information content (AvgIpc) is 2.97. The van der Waals surface area contributed by atoms with Gasteiger partial charge in [0.2, 0.25) is 0 Å². The summed E-state index contributed by atoms with van der Waals surface area (Å²) in [6.07, 6.45) is 5.29. The fourth-order valence-corrected chi connectivity index (χ4v) is 4.94. The SMILES string of the molecule is CCCN(CCC)c1nc2c(C)cccn2c(=O)c1C=C1SC(=S)N(CC(C)C)C1=O. The first-order valence-corrected chi connectivity index (χ1v) is 12.0. The van der Waals surface area contributed by atoms with Crippen LogP contribution < -0.4 is 10.5 Å². The summed E-state index contributed by atoms with van der Waals surface area (Å²) in [7, 11) is 0. The molecule has 0 aromatic carbocycles. The van der Waals surface area contributed by atoms with E-state index in [2.05, 4.69) is 32.6 Å². The predicted molar refractivity (Wildman–Crippen MR) is 134 cm³/mol. The Kier molecular flexibility index (Phi) is 7.54. The van der Waals surface area contributed by atoms with Gasteiger partial charge in [-0.15, -0.1) is 0 Å². The third kappa shape index (κ3) is 4.85. The number of pyridine rings is 1. The van der Waals surface area contributed by atoms with E-state index in [1.807, 2.05) is 19.1 Å². The van der Waals surface area contributed by atoms with Crippen LogP contribution in [0.15, 0.2) is 28.0 Å². The van der Waals surface area contributed by atoms with Crippen molar-refractivity contribution in [3.8, 4) is 0 Å². The van der Waals surface area contributed by atoms with Gasteiger partial charge in [0.25, 0.3) is 11.5 Å². The van der Waals surface area contributed by atoms with E-state index in [0.29, 0.717) is 38.7 Å². The van der Waals surface area contributed by atoms with E-state index in [9.17, 15) is 9.59 Å². The van der Waals surface area contributed by atoms with E-state index in [-0.39, 0.29) is 11.5 Å². The molecule has 0 bridgehead atoms. The van der Waals surface area contributed by atoms with Crippen LogP contribution in [0.2, 0.25) is 0 Å². The molecule has 0 saturated carbocycles. The maximum absolute atomic E-state index is 13.5. The number of thiocarbonyl (C=S) groups is 1. The average molecular weight is 459 g/mol. The topological polar surface area (TPSA) is 57.9 Å². The Morgan fingerprint density at radius 2 is 1.90 bits per heavy atom. The van der Waals surface area contributed by atoms with Gasteiger partial charge in [0.05, 0.1) is 10.5 Å². The fraction of sp³-hybridized carbons (Fsp3) is 0.478. The Labute approximate surface area is 193 Å². The number of aryl methyl sites for hydroxylation is 1. The van der Waals surface area contributed by atoms with Crippen molar-refractivity contribution in [2.45, 2.75) is 47.5 Å². The van der Waals surface area contributed by atoms with E-state index in [1.165, 1.54) is 11.8 Å². The molecular weight excluding hydrogens is 428 g/mol. The molecular formula is C23H30N4O2S2. The van der Waals surface area contributed by atoms with Gasteiger partial charge in [0.1, 0.15) is 15.8 Å². The van der Waals surface area contributed by atoms with E-state index in [1.54, 1.807) is 21.6 Å². The standard InChI is InChI=1S/C23H30N4O2S2/c1-6-10-25(11-7-2)20-17(21(28)26-12-8-9-16(5)19(26)24-20)13-18-22(29)27(14-15(3)4)23(30)31-18/h8-9,12-13,15H,6-7,10-11,14H2,1-5H3. The number of hydrogen-bond donors (Lipinski definition) is 0. The van der Waals surface area contributed by atoms with Crippen LogP contribution in [0.4, 0.5) is 5.82 Å². The molecule has 0 spiro atoms. The van der Waals surface area contributed by atoms with Crippen molar-refractivity contribution >= 4 is 51.7 Å². The molecule has 0 N–H and O–H groups in total. The van der Waals surface area contributed by atoms with Gasteiger partial charge in [0, 0.05) is 25.8 Å². The van der Waals surface area contributed by atoms with Crippen LogP contribution in [-0.2, 0) is 4.79 Å². The molecule has 0 unspecified atom stereocenters. The Hall–Kier alpha value is -2.19. The third-order valence-corrected chi connectivity index (χ3v) is 6.43. The molecule has 2 aromatic heterocycles. The maximum Gasteiger partial charge on any atom is 0.267 e. The molecule has 1 aliphatic rings. The van der Waals surface area contributed by atoms with E-state index in [0.717, 1.165) is 31.5 Å². The lowest BCUT2D eigenvalue weighted by molar-refractivity contribution is -0.122. The predicted octanol–water partition coefficient (Wildman–Crippen LogP) is 4.49. The second kappa shape index (κ2) is 9.96. The van der Waals surface area contributed by atoms with Crippen molar-refractivity contribution in [1.82, 2.24) is 14.3 Å². The Morgan fingerprint density at radius 3 is 2.52 bits per heavy atom. The van der Waals surface area contributed by atoms with Crippen molar-refractivity contribution in [2.75, 3.05) is 24.5 Å². The zero-order valence-corrected chi connectivity index (χ0v) is 20.5. The summed E-state index contributed by atoms with van der Waals surface area (Å²) in [5, 5.41) is 0. The van der Waals surface area contributed by atoms with Crippen LogP contribution >= 0.6 is 24.0 Å². The minimum Gasteiger partial charge on any atom is -0.356 e. The van der Waals surface area contributed by atoms with Crippen molar-refractivity contribution in [1.29, 1.82) is 0 Å². The van der Waals surface area contributed by atoms with Gasteiger partial charge in [-0.2, -0.15) is 0 Å². The number of thioether (sulfide) groups is 1. The molecule has 0 aliphatic carbocycles. The second-order valence-electron chi connectivity index (χ2n) is 8.21. The third-order valence-electron chi connectivity index (χ3n) is 5.05. The number of amides is 1. The number of hydrogen-bond acceptors (Lipinski definition) is 6. The van der Waals surface area contributed by atoms with Gasteiger partial charge in [-0.05, 0) is 43.4 Å². The highest BCUT2D eigenvalue weighted by Gasteiger charge is 2.33. The minimum absolute atomic E-state index is 0.138. The molecule has 1 saturated heterocycles. The molecule has 1 aliphatic heterocycles. The maximum atomic E-state index is 13.5. The number of fused-ring (bicyclic) bond motifs is 1. The number of nitrogens with zero attached hydrogens (tertiary/aromatic N) is 4. The molecule has 31 heavy (non-hydrogen) atoms. The number of rotatable bonds is 8. The van der Waals surface area contributed by atoms with Gasteiger partial charge in [-0.3, -0.25) is 18.9 Å². The van der Waals surface area contributed by atoms with Crippen LogP contribution in [-0.4, -0.2) is 44.1 Å². The van der Waals surface area contributed by atoms with E-state index < -0.39 is 0 Å². The summed E-state index contributed by atoms with van der Waals surface area (Å²) in [5.41, 5.74) is 1.85. The summed E-state index contributed by atoms with van der Waals surface area (Å²) in [5.74, 6) is 0.802. The fourth-order valence-electron chi connectivity index (χ4n) is 3.68. The monoisotopic (exact) mass is 458 g/mol. The number of carbonyl (C=O) groups excluding carboxylic acids is 1. The number of aromatic nitrogens is 2. The normalized spacial score (nSPS) is 15.7. The second-order valence-corrected chi connectivity index (χ2v) is 9.89. The van der Waals surface area contributed by atoms with Crippen molar-refractivity contribution in [3.05, 3.63) is 44.7 Å². The summed E-state index contributed by atoms with van der Waals surface area (Å²) in [6.45, 7) is 12.4. The number of carbonyl (C=O) groups is 1. The van der Waals surface area contributed by atoms with Crippen LogP contribution in [0.1, 0.15) is 51.7 Å². The summed E-state index contributed by atoms with van der Waals surface area (Å²) in [4.78, 5) is 35.7. The van der Waals surface area contributed by atoms with Crippen LogP contribution in [0.3, 0.4) is 0 Å². The largest absolute Gasteiger partial charge is 0.356 e. The highest BCUT2D eigenvalue weighted by molar-refractivity contribution is 8.26. The van der Waals surface area contributed by atoms with E-state index >= 15 is 0 Å². The highest BCUT2D eigenvalue weighted by atomic mass is 32.2. The molecule has 6 nitrogen and oxygen atoms in total. The molecule has 166 valence electrons. The molecule has 1 amide bonds. The Morgan fingerprint density at radius 1 is 1.23 bits per heavy atom. The van der Waals surface area contributed by atoms with Crippen LogP contribution in [0.5, 0.6) is 0 Å². The summed E-state index contributed by atoms with van der Waals surface area (Å²) < 4.78 is 2.10. The molecule has 2 aromatic rings. The number of anilines is 1. The smallest absolute Gasteiger partial charge is 0.267 e. The molecule has 3 heterocycles. The summed E-state index contributed by atoms with van der Waals surface area (Å²) in [6, 6.07) is 3.79. The van der Waals surface area contributed by atoms with Crippen molar-refractivity contribution in [3.63, 3.8) is 0 Å². The highest BCUT2D eigenvalue weighted by Crippen LogP contribution is 2.34. The first kappa shape index (κ1) is 23.5. The molecule has 8 heteroatoms. The molecule has 0 radical (unpaired) electrons.